The number of esters is 1. The van der Waals surface area contributed by atoms with Gasteiger partial charge in [0.1, 0.15) is 11.6 Å². The van der Waals surface area contributed by atoms with Crippen LogP contribution in [-0.2, 0) is 9.53 Å². The molecule has 0 bridgehead atoms. The van der Waals surface area contributed by atoms with E-state index in [4.69, 9.17) is 22.0 Å². The van der Waals surface area contributed by atoms with Crippen LogP contribution in [0.15, 0.2) is 24.3 Å². The summed E-state index contributed by atoms with van der Waals surface area (Å²) in [5.41, 5.74) is 9.39. The average Bonchev–Trinajstić information content (AvgIpc) is 2.62. The number of nitrogens with one attached hydrogen (secondary N) is 1. The van der Waals surface area contributed by atoms with Crippen LogP contribution in [0.5, 0.6) is 0 Å². The Labute approximate surface area is 190 Å². The molecule has 0 amide bonds. The molecule has 0 saturated heterocycles. The molecule has 0 radical (unpaired) electrons. The Hall–Kier alpha value is -1.85. The highest BCUT2D eigenvalue weighted by molar-refractivity contribution is 8.06. The third kappa shape index (κ3) is 6.33. The minimum atomic E-state index is -1.24. The SMILES string of the molecule is C#[SH](N[C@@H](CC(=O)OCC)c1cc(-c2c(C)cc(F)cc2C)cc(Cl)c1F)C(C)(C)C. The molecule has 31 heavy (non-hydrogen) atoms. The van der Waals surface area contributed by atoms with E-state index in [1.54, 1.807) is 26.8 Å². The lowest BCUT2D eigenvalue weighted by Crippen LogP contribution is -2.26. The van der Waals surface area contributed by atoms with Crippen LogP contribution in [0.2, 0.25) is 5.02 Å². The highest BCUT2D eigenvalue weighted by Gasteiger charge is 2.25. The van der Waals surface area contributed by atoms with Gasteiger partial charge in [-0.25, -0.2) is 8.78 Å². The lowest BCUT2D eigenvalue weighted by Gasteiger charge is -2.29. The van der Waals surface area contributed by atoms with Gasteiger partial charge in [-0.15, -0.1) is 16.2 Å². The standard InChI is InChI=1S/C24H30ClF2NO2S/c1-8-30-21(29)13-20(28-31(7)24(4,5)6)18-11-16(12-19(25)23(18)27)22-14(2)9-17(26)10-15(22)3/h7,9-12,20,28,31H,8,13H2,1-6H3/t20-/m0/s1. The third-order valence-corrected chi connectivity index (χ3v) is 7.22. The van der Waals surface area contributed by atoms with Crippen molar-refractivity contribution in [1.82, 2.24) is 4.72 Å². The minimum Gasteiger partial charge on any atom is -0.466 e. The quantitative estimate of drug-likeness (QED) is 0.361. The van der Waals surface area contributed by atoms with Crippen molar-refractivity contribution in [1.29, 1.82) is 0 Å². The maximum Gasteiger partial charge on any atom is 0.307 e. The van der Waals surface area contributed by atoms with Crippen molar-refractivity contribution in [3.63, 3.8) is 0 Å². The molecule has 0 heterocycles. The molecule has 1 unspecified atom stereocenters. The van der Waals surface area contributed by atoms with Gasteiger partial charge < -0.3 is 4.74 Å². The zero-order chi connectivity index (χ0) is 23.5. The number of carbonyl (C=O) groups excluding carboxylic acids is 1. The summed E-state index contributed by atoms with van der Waals surface area (Å²) in [5.74, 6) is -1.43. The molecule has 2 aromatic carbocycles. The van der Waals surface area contributed by atoms with Gasteiger partial charge in [0.25, 0.3) is 0 Å². The van der Waals surface area contributed by atoms with E-state index in [0.717, 1.165) is 5.56 Å². The molecule has 0 saturated carbocycles. The molecule has 0 fully saturated rings. The summed E-state index contributed by atoms with van der Waals surface area (Å²) in [5, 5.41) is -0.0802. The van der Waals surface area contributed by atoms with Crippen LogP contribution in [0, 0.1) is 31.2 Å². The molecule has 7 heteroatoms. The second-order valence-corrected chi connectivity index (χ2v) is 11.3. The largest absolute Gasteiger partial charge is 0.466 e. The van der Waals surface area contributed by atoms with Gasteiger partial charge in [0, 0.05) is 10.3 Å². The molecule has 0 aliphatic carbocycles. The van der Waals surface area contributed by atoms with Gasteiger partial charge >= 0.3 is 5.97 Å². The highest BCUT2D eigenvalue weighted by atomic mass is 35.5. The Balaban J connectivity index is 2.63. The van der Waals surface area contributed by atoms with Crippen LogP contribution in [0.1, 0.15) is 56.8 Å². The Kier molecular flexibility index (Phi) is 8.34. The number of benzene rings is 2. The first-order chi connectivity index (χ1) is 14.3. The second kappa shape index (κ2) is 10.2. The van der Waals surface area contributed by atoms with E-state index in [1.165, 1.54) is 18.2 Å². The highest BCUT2D eigenvalue weighted by Crippen LogP contribution is 2.37. The Morgan fingerprint density at radius 2 is 1.77 bits per heavy atom. The third-order valence-electron chi connectivity index (χ3n) is 4.91. The number of thiol groups is 1. The fourth-order valence-electron chi connectivity index (χ4n) is 3.35. The summed E-state index contributed by atoms with van der Waals surface area (Å²) in [6.45, 7) is 11.4. The van der Waals surface area contributed by atoms with E-state index in [-0.39, 0.29) is 34.2 Å². The van der Waals surface area contributed by atoms with Crippen molar-refractivity contribution >= 4 is 28.1 Å². The number of halogens is 3. The van der Waals surface area contributed by atoms with E-state index in [0.29, 0.717) is 16.7 Å². The van der Waals surface area contributed by atoms with Crippen molar-refractivity contribution in [2.75, 3.05) is 6.61 Å². The van der Waals surface area contributed by atoms with E-state index < -0.39 is 28.3 Å². The van der Waals surface area contributed by atoms with Crippen molar-refractivity contribution in [3.8, 4) is 16.8 Å². The number of carbonyl (C=O) groups is 1. The Morgan fingerprint density at radius 3 is 2.29 bits per heavy atom. The maximum atomic E-state index is 15.2. The molecule has 170 valence electrons. The van der Waals surface area contributed by atoms with Crippen LogP contribution in [-0.4, -0.2) is 17.3 Å². The van der Waals surface area contributed by atoms with E-state index in [1.807, 2.05) is 20.8 Å². The summed E-state index contributed by atoms with van der Waals surface area (Å²) in [6.07, 6.45) is -0.0992. The number of hydrogen-bond acceptors (Lipinski definition) is 3. The van der Waals surface area contributed by atoms with Gasteiger partial charge in [0.15, 0.2) is 0 Å². The fraction of sp³-hybridized carbons (Fsp3) is 0.417. The molecule has 3 nitrogen and oxygen atoms in total. The average molecular weight is 470 g/mol. The van der Waals surface area contributed by atoms with E-state index >= 15 is 4.39 Å². The van der Waals surface area contributed by atoms with Gasteiger partial charge in [-0.05, 0) is 67.3 Å². The second-order valence-electron chi connectivity index (χ2n) is 8.51. The molecule has 0 aromatic heterocycles. The Bertz CT molecular complexity index is 1030. The predicted molar refractivity (Wildman–Crippen MR) is 127 cm³/mol. The van der Waals surface area contributed by atoms with Gasteiger partial charge in [-0.2, -0.15) is 0 Å². The summed E-state index contributed by atoms with van der Waals surface area (Å²) < 4.78 is 37.0. The van der Waals surface area contributed by atoms with Crippen LogP contribution in [0.4, 0.5) is 8.78 Å². The van der Waals surface area contributed by atoms with Crippen LogP contribution < -0.4 is 4.72 Å². The summed E-state index contributed by atoms with van der Waals surface area (Å²) >= 11 is 6.25. The first-order valence-electron chi connectivity index (χ1n) is 10.1. The lowest BCUT2D eigenvalue weighted by molar-refractivity contribution is -0.143. The number of aryl methyl sites for hydroxylation is 2. The van der Waals surface area contributed by atoms with Gasteiger partial charge in [-0.1, -0.05) is 32.4 Å². The zero-order valence-electron chi connectivity index (χ0n) is 18.8. The minimum absolute atomic E-state index is 0.0802. The summed E-state index contributed by atoms with van der Waals surface area (Å²) in [7, 11) is -1.24. The van der Waals surface area contributed by atoms with Crippen molar-refractivity contribution < 1.29 is 18.3 Å². The molecular formula is C24H30ClF2NO2S. The molecule has 2 atom stereocenters. The van der Waals surface area contributed by atoms with E-state index in [2.05, 4.69) is 4.72 Å². The monoisotopic (exact) mass is 469 g/mol. The maximum absolute atomic E-state index is 15.2. The van der Waals surface area contributed by atoms with Crippen molar-refractivity contribution in [2.24, 2.45) is 0 Å². The molecule has 2 rings (SSSR count). The molecular weight excluding hydrogens is 440 g/mol. The molecule has 1 N–H and O–H groups in total. The lowest BCUT2D eigenvalue weighted by atomic mass is 9.92. The van der Waals surface area contributed by atoms with Crippen molar-refractivity contribution in [2.45, 2.75) is 58.8 Å². The molecule has 0 aliphatic heterocycles. The molecule has 0 aliphatic rings. The van der Waals surface area contributed by atoms with E-state index in [9.17, 15) is 9.18 Å². The topological polar surface area (TPSA) is 38.3 Å². The van der Waals surface area contributed by atoms with Gasteiger partial charge in [-0.3, -0.25) is 9.52 Å². The summed E-state index contributed by atoms with van der Waals surface area (Å²) in [4.78, 5) is 12.3. The van der Waals surface area contributed by atoms with Crippen LogP contribution in [0.25, 0.3) is 11.1 Å². The predicted octanol–water partition coefficient (Wildman–Crippen LogP) is 6.79. The Morgan fingerprint density at radius 1 is 1.19 bits per heavy atom. The zero-order valence-corrected chi connectivity index (χ0v) is 20.4. The smallest absolute Gasteiger partial charge is 0.307 e. The van der Waals surface area contributed by atoms with Crippen LogP contribution >= 0.6 is 22.1 Å². The first-order valence-corrected chi connectivity index (χ1v) is 11.9. The molecule has 2 aromatic rings. The summed E-state index contributed by atoms with van der Waals surface area (Å²) in [6, 6.07) is 5.29. The van der Waals surface area contributed by atoms with Crippen LogP contribution in [0.3, 0.4) is 0 Å². The van der Waals surface area contributed by atoms with Gasteiger partial charge in [0.05, 0.1) is 24.1 Å². The van der Waals surface area contributed by atoms with Gasteiger partial charge in [0.2, 0.25) is 0 Å². The normalized spacial score (nSPS) is 13.7. The number of rotatable bonds is 6. The molecule has 0 spiro atoms. The first kappa shape index (κ1) is 25.4. The fourth-order valence-corrected chi connectivity index (χ4v) is 4.53. The van der Waals surface area contributed by atoms with Crippen molar-refractivity contribution in [3.05, 3.63) is 57.6 Å². The number of ether oxygens (including phenoxy) is 1. The number of hydrogen-bond donors (Lipinski definition) is 2.